The highest BCUT2D eigenvalue weighted by Gasteiger charge is 2.25. The largest absolute Gasteiger partial charge is 0.352 e. The van der Waals surface area contributed by atoms with Crippen LogP contribution in [0.1, 0.15) is 40.2 Å². The van der Waals surface area contributed by atoms with Gasteiger partial charge in [0.2, 0.25) is 0 Å². The lowest BCUT2D eigenvalue weighted by Crippen LogP contribution is -2.47. The number of anilines is 1. The predicted molar refractivity (Wildman–Crippen MR) is 171 cm³/mol. The molecular formula is C34H32Cl2F2N4O. The van der Waals surface area contributed by atoms with Gasteiger partial charge in [-0.1, -0.05) is 54.1 Å². The molecule has 1 aliphatic rings. The molecule has 6 rings (SSSR count). The summed E-state index contributed by atoms with van der Waals surface area (Å²) < 4.78 is 28.6. The van der Waals surface area contributed by atoms with Crippen molar-refractivity contribution in [2.24, 2.45) is 0 Å². The van der Waals surface area contributed by atoms with Crippen molar-refractivity contribution in [2.45, 2.75) is 18.8 Å². The van der Waals surface area contributed by atoms with Gasteiger partial charge in [0.15, 0.2) is 5.82 Å². The molecule has 5 aromatic rings. The van der Waals surface area contributed by atoms with E-state index < -0.39 is 0 Å². The van der Waals surface area contributed by atoms with E-state index in [1.165, 1.54) is 28.9 Å². The quantitative estimate of drug-likeness (QED) is 0.177. The maximum absolute atomic E-state index is 13.6. The zero-order chi connectivity index (χ0) is 29.1. The summed E-state index contributed by atoms with van der Waals surface area (Å²) in [6, 6.07) is 27.9. The first-order chi connectivity index (χ1) is 20.5. The zero-order valence-electron chi connectivity index (χ0n) is 23.5. The molecule has 0 amide bonds. The number of fused-ring (bicyclic) bond motifs is 1. The third-order valence-electron chi connectivity index (χ3n) is 8.02. The molecule has 9 heteroatoms. The van der Waals surface area contributed by atoms with Gasteiger partial charge in [-0.15, -0.1) is 17.5 Å². The van der Waals surface area contributed by atoms with Crippen LogP contribution in [0.15, 0.2) is 97.1 Å². The molecular weight excluding hydrogens is 589 g/mol. The van der Waals surface area contributed by atoms with Crippen LogP contribution in [-0.2, 0) is 0 Å². The van der Waals surface area contributed by atoms with Crippen molar-refractivity contribution >= 4 is 46.6 Å². The molecule has 0 unspecified atom stereocenters. The average molecular weight is 622 g/mol. The monoisotopic (exact) mass is 620 g/mol. The highest BCUT2D eigenvalue weighted by molar-refractivity contribution is 6.31. The van der Waals surface area contributed by atoms with E-state index >= 15 is 0 Å². The van der Waals surface area contributed by atoms with E-state index in [9.17, 15) is 13.6 Å². The van der Waals surface area contributed by atoms with E-state index in [1.54, 1.807) is 18.2 Å². The number of carbonyl (C=O) groups is 1. The number of piperazine rings is 1. The molecule has 1 aliphatic heterocycles. The van der Waals surface area contributed by atoms with E-state index in [0.29, 0.717) is 16.1 Å². The van der Waals surface area contributed by atoms with Gasteiger partial charge in [-0.3, -0.25) is 9.69 Å². The van der Waals surface area contributed by atoms with Gasteiger partial charge in [-0.2, -0.15) is 4.68 Å². The number of benzene rings is 4. The number of carbonyl (C=O) groups excluding carboxylic acids is 1. The third-order valence-corrected chi connectivity index (χ3v) is 8.26. The Morgan fingerprint density at radius 1 is 0.814 bits per heavy atom. The van der Waals surface area contributed by atoms with Gasteiger partial charge in [-0.05, 0) is 85.1 Å². The predicted octanol–water partition coefficient (Wildman–Crippen LogP) is 7.81. The average Bonchev–Trinajstić information content (AvgIpc) is 3.39. The summed E-state index contributed by atoms with van der Waals surface area (Å²) in [4.78, 5) is 18.0. The second-order valence-electron chi connectivity index (χ2n) is 10.7. The Balaban J connectivity index is 0.00000368. The lowest BCUT2D eigenvalue weighted by atomic mass is 9.87. The summed E-state index contributed by atoms with van der Waals surface area (Å²) >= 11 is 6.31. The molecule has 0 atom stereocenters. The van der Waals surface area contributed by atoms with Crippen molar-refractivity contribution in [3.8, 4) is 0 Å². The van der Waals surface area contributed by atoms with Gasteiger partial charge < -0.3 is 4.90 Å². The second-order valence-corrected chi connectivity index (χ2v) is 11.1. The summed E-state index contributed by atoms with van der Waals surface area (Å²) in [5.41, 5.74) is 3.32. The minimum Gasteiger partial charge on any atom is -0.352 e. The molecule has 1 saturated heterocycles. The van der Waals surface area contributed by atoms with Crippen molar-refractivity contribution in [1.82, 2.24) is 14.7 Å². The van der Waals surface area contributed by atoms with Crippen molar-refractivity contribution in [1.29, 1.82) is 0 Å². The number of hydrogen-bond acceptors (Lipinski definition) is 4. The molecule has 0 aliphatic carbocycles. The van der Waals surface area contributed by atoms with E-state index in [0.717, 1.165) is 67.9 Å². The van der Waals surface area contributed by atoms with Gasteiger partial charge in [0.1, 0.15) is 11.6 Å². The number of rotatable bonds is 8. The van der Waals surface area contributed by atoms with E-state index in [2.05, 4.69) is 9.80 Å². The van der Waals surface area contributed by atoms with Crippen LogP contribution < -0.4 is 4.90 Å². The summed E-state index contributed by atoms with van der Waals surface area (Å²) in [5, 5.41) is 6.24. The van der Waals surface area contributed by atoms with E-state index in [-0.39, 0.29) is 35.9 Å². The van der Waals surface area contributed by atoms with Crippen LogP contribution in [0.3, 0.4) is 0 Å². The molecule has 2 heterocycles. The molecule has 4 aromatic carbocycles. The summed E-state index contributed by atoms with van der Waals surface area (Å²) in [7, 11) is 0. The topological polar surface area (TPSA) is 41.4 Å². The zero-order valence-corrected chi connectivity index (χ0v) is 25.1. The number of hydrogen-bond donors (Lipinski definition) is 0. The lowest BCUT2D eigenvalue weighted by Gasteiger charge is -2.35. The van der Waals surface area contributed by atoms with Crippen LogP contribution in [0.4, 0.5) is 14.6 Å². The Labute approximate surface area is 261 Å². The highest BCUT2D eigenvalue weighted by Crippen LogP contribution is 2.32. The number of nitrogens with zero attached hydrogens (tertiary/aromatic N) is 4. The Morgan fingerprint density at radius 2 is 1.42 bits per heavy atom. The molecule has 5 nitrogen and oxygen atoms in total. The normalized spacial score (nSPS) is 13.8. The first kappa shape index (κ1) is 30.7. The van der Waals surface area contributed by atoms with Gasteiger partial charge in [-0.25, -0.2) is 8.78 Å². The first-order valence-electron chi connectivity index (χ1n) is 14.2. The fourth-order valence-electron chi connectivity index (χ4n) is 5.78. The van der Waals surface area contributed by atoms with Crippen LogP contribution in [-0.4, -0.2) is 53.3 Å². The van der Waals surface area contributed by atoms with Crippen molar-refractivity contribution < 1.29 is 13.6 Å². The molecule has 0 spiro atoms. The van der Waals surface area contributed by atoms with Gasteiger partial charge in [0.25, 0.3) is 5.91 Å². The van der Waals surface area contributed by atoms with Crippen LogP contribution in [0.25, 0.3) is 10.9 Å². The second kappa shape index (κ2) is 13.7. The minimum atomic E-state index is -0.264. The molecule has 1 aromatic heterocycles. The van der Waals surface area contributed by atoms with Crippen LogP contribution in [0.2, 0.25) is 5.02 Å². The van der Waals surface area contributed by atoms with Crippen molar-refractivity contribution in [2.75, 3.05) is 37.6 Å². The fourth-order valence-corrected chi connectivity index (χ4v) is 5.95. The molecule has 43 heavy (non-hydrogen) atoms. The Bertz CT molecular complexity index is 1620. The Morgan fingerprint density at radius 3 is 2.02 bits per heavy atom. The molecule has 0 saturated carbocycles. The maximum Gasteiger partial charge on any atom is 0.278 e. The van der Waals surface area contributed by atoms with Gasteiger partial charge >= 0.3 is 0 Å². The molecule has 0 N–H and O–H groups in total. The Hall–Kier alpha value is -3.78. The molecule has 0 radical (unpaired) electrons. The van der Waals surface area contributed by atoms with Crippen LogP contribution >= 0.6 is 24.0 Å². The van der Waals surface area contributed by atoms with Crippen LogP contribution in [0.5, 0.6) is 0 Å². The standard InChI is InChI=1S/C34H31ClF2N4O.ClH/c35-27-12-17-31-32(23-27)41(34(42)26-5-2-1-3-6-26)38-33(31)40-21-19-39(20-22-40)18-4-7-30(24-8-13-28(36)14-9-24)25-10-15-29(37)16-11-25;/h1-3,5-6,8-17,23,30H,4,7,18-22H2;1H. The van der Waals surface area contributed by atoms with Crippen molar-refractivity contribution in [3.05, 3.63) is 130 Å². The molecule has 1 fully saturated rings. The Kier molecular flexibility index (Phi) is 9.76. The van der Waals surface area contributed by atoms with Gasteiger partial charge in [0.05, 0.1) is 5.52 Å². The van der Waals surface area contributed by atoms with Crippen LogP contribution in [0, 0.1) is 11.6 Å². The molecule has 222 valence electrons. The smallest absolute Gasteiger partial charge is 0.278 e. The number of aromatic nitrogens is 2. The third kappa shape index (κ3) is 6.90. The van der Waals surface area contributed by atoms with E-state index in [4.69, 9.17) is 16.7 Å². The van der Waals surface area contributed by atoms with Gasteiger partial charge in [0, 0.05) is 48.1 Å². The van der Waals surface area contributed by atoms with Crippen molar-refractivity contribution in [3.63, 3.8) is 0 Å². The first-order valence-corrected chi connectivity index (χ1v) is 14.6. The summed E-state index contributed by atoms with van der Waals surface area (Å²) in [6.45, 7) is 4.23. The number of halogens is 4. The fraction of sp³-hybridized carbons (Fsp3) is 0.235. The summed E-state index contributed by atoms with van der Waals surface area (Å²) in [6.07, 6.45) is 1.82. The highest BCUT2D eigenvalue weighted by atomic mass is 35.5. The summed E-state index contributed by atoms with van der Waals surface area (Å²) in [5.74, 6) is 0.138. The SMILES string of the molecule is Cl.O=C(c1ccccc1)n1nc(N2CCN(CCCC(c3ccc(F)cc3)c3ccc(F)cc3)CC2)c2ccc(Cl)cc21. The lowest BCUT2D eigenvalue weighted by molar-refractivity contribution is 0.0950. The minimum absolute atomic E-state index is 0. The van der Waals surface area contributed by atoms with E-state index in [1.807, 2.05) is 54.6 Å². The molecule has 0 bridgehead atoms. The maximum atomic E-state index is 13.6.